The molecule has 0 atom stereocenters. The van der Waals surface area contributed by atoms with Crippen LogP contribution < -0.4 is 45.6 Å². The largest absolute Gasteiger partial charge is 1.00 e. The summed E-state index contributed by atoms with van der Waals surface area (Å²) in [6.45, 7) is 0. The van der Waals surface area contributed by atoms with E-state index in [4.69, 9.17) is 0 Å². The molecule has 7 rings (SSSR count). The molecule has 4 aromatic rings. The molecule has 0 fully saturated rings. The molecule has 1 heterocycles. The zero-order valence-electron chi connectivity index (χ0n) is 21.5. The van der Waals surface area contributed by atoms with Crippen molar-refractivity contribution in [3.05, 3.63) is 163 Å². The van der Waals surface area contributed by atoms with Crippen molar-refractivity contribution in [1.82, 2.24) is 0 Å². The Bertz CT molecular complexity index is 1380. The average molecular weight is 655 g/mol. The number of halogens is 2. The normalized spacial score (nSPS) is 17.6. The SMILES string of the molecule is C1=CC2=[C](C1)[Zr+2][C]1=C(C=CC1)[Si](c1ccccc1)(c1ccccc1)[Si]2(c1ccccc1)c1ccccc1.[Cl-].[Cl-]. The maximum absolute atomic E-state index is 2.60. The van der Waals surface area contributed by atoms with Crippen LogP contribution in [0.1, 0.15) is 12.8 Å². The van der Waals surface area contributed by atoms with Crippen molar-refractivity contribution in [3.63, 3.8) is 0 Å². The van der Waals surface area contributed by atoms with Gasteiger partial charge in [-0.3, -0.25) is 0 Å². The van der Waals surface area contributed by atoms with E-state index in [9.17, 15) is 0 Å². The van der Waals surface area contributed by atoms with Gasteiger partial charge in [-0.2, -0.15) is 0 Å². The summed E-state index contributed by atoms with van der Waals surface area (Å²) in [5.41, 5.74) is 0. The molecule has 0 radical (unpaired) electrons. The number of hydrogen-bond donors (Lipinski definition) is 0. The monoisotopic (exact) mass is 652 g/mol. The van der Waals surface area contributed by atoms with Gasteiger partial charge >= 0.3 is 235 Å². The van der Waals surface area contributed by atoms with Gasteiger partial charge in [0.1, 0.15) is 0 Å². The molecule has 39 heavy (non-hydrogen) atoms. The van der Waals surface area contributed by atoms with E-state index in [1.807, 2.05) is 6.56 Å². The van der Waals surface area contributed by atoms with E-state index in [1.165, 1.54) is 0 Å². The van der Waals surface area contributed by atoms with Crippen LogP contribution in [-0.2, 0) is 23.2 Å². The minimum absolute atomic E-state index is 0. The average Bonchev–Trinajstić information content (AvgIpc) is 3.62. The van der Waals surface area contributed by atoms with E-state index in [2.05, 4.69) is 146 Å². The molecule has 0 aromatic heterocycles. The second kappa shape index (κ2) is 11.7. The summed E-state index contributed by atoms with van der Waals surface area (Å²) in [5.74, 6) is 0. The second-order valence-electron chi connectivity index (χ2n) is 10.1. The van der Waals surface area contributed by atoms with E-state index in [-0.39, 0.29) is 24.8 Å². The molecule has 0 saturated carbocycles. The van der Waals surface area contributed by atoms with Crippen molar-refractivity contribution in [1.29, 1.82) is 0 Å². The molecule has 190 valence electrons. The fourth-order valence-corrected chi connectivity index (χ4v) is 35.6. The van der Waals surface area contributed by atoms with Gasteiger partial charge in [-0.25, -0.2) is 0 Å². The number of benzene rings is 4. The molecule has 0 unspecified atom stereocenters. The third-order valence-electron chi connectivity index (χ3n) is 8.36. The Kier molecular flexibility index (Phi) is 8.47. The molecule has 0 spiro atoms. The van der Waals surface area contributed by atoms with Crippen LogP contribution in [-0.4, -0.2) is 15.2 Å². The van der Waals surface area contributed by atoms with Crippen LogP contribution in [0.5, 0.6) is 0 Å². The van der Waals surface area contributed by atoms with Gasteiger partial charge in [-0.15, -0.1) is 0 Å². The Morgan fingerprint density at radius 1 is 0.410 bits per heavy atom. The predicted octanol–water partition coefficient (Wildman–Crippen LogP) is -0.798. The molecule has 3 aliphatic rings. The van der Waals surface area contributed by atoms with Gasteiger partial charge in [0.2, 0.25) is 0 Å². The van der Waals surface area contributed by atoms with Crippen molar-refractivity contribution >= 4 is 35.9 Å². The molecule has 0 saturated heterocycles. The maximum atomic E-state index is 2.59. The summed E-state index contributed by atoms with van der Waals surface area (Å²) in [7, 11) is -5.19. The Morgan fingerprint density at radius 2 is 0.692 bits per heavy atom. The fourth-order valence-electron chi connectivity index (χ4n) is 7.11. The summed E-state index contributed by atoms with van der Waals surface area (Å²) < 4.78 is 3.64. The molecule has 0 bridgehead atoms. The summed E-state index contributed by atoms with van der Waals surface area (Å²) in [4.78, 5) is 0. The number of rotatable bonds is 4. The first kappa shape index (κ1) is 28.3. The van der Waals surface area contributed by atoms with Crippen LogP contribution >= 0.6 is 0 Å². The zero-order valence-corrected chi connectivity index (χ0v) is 27.5. The Hall–Kier alpha value is -2.26. The van der Waals surface area contributed by atoms with Crippen LogP contribution in [0.25, 0.3) is 0 Å². The van der Waals surface area contributed by atoms with Crippen molar-refractivity contribution in [3.8, 4) is 0 Å². The van der Waals surface area contributed by atoms with Gasteiger partial charge in [0.05, 0.1) is 0 Å². The third-order valence-corrected chi connectivity index (χ3v) is 30.3. The first-order chi connectivity index (χ1) is 18.4. The van der Waals surface area contributed by atoms with Crippen molar-refractivity contribution in [2.75, 3.05) is 0 Å². The summed E-state index contributed by atoms with van der Waals surface area (Å²) in [6, 6.07) is 46.8. The van der Waals surface area contributed by atoms with Crippen LogP contribution in [0.15, 0.2) is 163 Å². The van der Waals surface area contributed by atoms with Gasteiger partial charge in [-0.1, -0.05) is 0 Å². The first-order valence-electron chi connectivity index (χ1n) is 13.2. The molecular weight excluding hydrogens is 627 g/mol. The Balaban J connectivity index is 0.00000154. The molecule has 0 N–H and O–H groups in total. The van der Waals surface area contributed by atoms with Gasteiger partial charge in [0.15, 0.2) is 0 Å². The maximum Gasteiger partial charge on any atom is -1.00 e. The van der Waals surface area contributed by atoms with Crippen LogP contribution in [0, 0.1) is 0 Å². The van der Waals surface area contributed by atoms with Gasteiger partial charge in [-0.05, 0) is 0 Å². The van der Waals surface area contributed by atoms with E-state index in [0.717, 1.165) is 12.8 Å². The standard InChI is InChI=1S/C34H28Si2.2ClH.Zr/c1-5-17-29(18-6-1)35(33-25-13-14-26-33,30-19-7-2-8-20-30)36(34-27-15-16-28-34,31-21-9-3-10-22-31)32-23-11-4-12-24-32;;;/h1-13,15,17-25,27H,14,16H2;2*1H;/q;;;+2/p-2. The van der Waals surface area contributed by atoms with Crippen molar-refractivity contribution in [2.24, 2.45) is 0 Å². The van der Waals surface area contributed by atoms with E-state index < -0.39 is 38.4 Å². The smallest absolute Gasteiger partial charge is 1.00 e. The molecule has 4 aromatic carbocycles. The molecule has 0 amide bonds. The Labute approximate surface area is 257 Å². The van der Waals surface area contributed by atoms with Crippen LogP contribution in [0.2, 0.25) is 0 Å². The molecule has 1 aliphatic heterocycles. The second-order valence-corrected chi connectivity index (χ2v) is 24.6. The molecule has 0 nitrogen and oxygen atoms in total. The van der Waals surface area contributed by atoms with Gasteiger partial charge < -0.3 is 24.8 Å². The topological polar surface area (TPSA) is 0 Å². The van der Waals surface area contributed by atoms with Gasteiger partial charge in [0.25, 0.3) is 0 Å². The fraction of sp³-hybridized carbons (Fsp3) is 0.0588. The molecule has 5 heteroatoms. The van der Waals surface area contributed by atoms with Crippen LogP contribution in [0.4, 0.5) is 0 Å². The molecule has 2 aliphatic carbocycles. The number of allylic oxidation sites excluding steroid dienone is 8. The van der Waals surface area contributed by atoms with E-state index >= 15 is 0 Å². The summed E-state index contributed by atoms with van der Waals surface area (Å²) in [5, 5.41) is 9.72. The zero-order chi connectivity index (χ0) is 24.7. The predicted molar refractivity (Wildman–Crippen MR) is 157 cm³/mol. The van der Waals surface area contributed by atoms with Gasteiger partial charge in [0, 0.05) is 0 Å². The number of hydrogen-bond acceptors (Lipinski definition) is 0. The van der Waals surface area contributed by atoms with E-state index in [1.54, 1.807) is 31.1 Å². The molecular formula is C34H28Cl2Si2Zr. The summed E-state index contributed by atoms with van der Waals surface area (Å²) in [6.07, 6.45) is 12.5. The minimum Gasteiger partial charge on any atom is -1.00 e. The Morgan fingerprint density at radius 3 is 0.974 bits per heavy atom. The summed E-state index contributed by atoms with van der Waals surface area (Å²) >= 11 is -0.886. The minimum atomic E-state index is -2.60. The third kappa shape index (κ3) is 4.17. The quantitative estimate of drug-likeness (QED) is 0.253. The van der Waals surface area contributed by atoms with Crippen molar-refractivity contribution < 1.29 is 48.0 Å². The van der Waals surface area contributed by atoms with Crippen LogP contribution in [0.3, 0.4) is 0 Å². The first-order valence-corrected chi connectivity index (χ1v) is 20.6. The van der Waals surface area contributed by atoms with Crippen molar-refractivity contribution in [2.45, 2.75) is 12.8 Å². The van der Waals surface area contributed by atoms with E-state index in [0.29, 0.717) is 0 Å².